The SMILES string of the molecule is COc1ccc(C2=Cc3cc(OC)cc(OC)c3C(O)c3cc(OC)cc(OC)c32)cc1. The number of fused-ring (bicyclic) bond motifs is 2. The highest BCUT2D eigenvalue weighted by atomic mass is 16.5. The predicted molar refractivity (Wildman–Crippen MR) is 123 cm³/mol. The van der Waals surface area contributed by atoms with Crippen molar-refractivity contribution in [2.75, 3.05) is 35.5 Å². The zero-order chi connectivity index (χ0) is 22.8. The Morgan fingerprint density at radius 2 is 1.25 bits per heavy atom. The number of hydrogen-bond donors (Lipinski definition) is 1. The van der Waals surface area contributed by atoms with E-state index < -0.39 is 6.10 Å². The fourth-order valence-electron chi connectivity index (χ4n) is 4.10. The van der Waals surface area contributed by atoms with Gasteiger partial charge in [0.1, 0.15) is 34.9 Å². The first-order chi connectivity index (χ1) is 15.5. The molecule has 1 unspecified atom stereocenters. The van der Waals surface area contributed by atoms with E-state index in [1.807, 2.05) is 48.5 Å². The van der Waals surface area contributed by atoms with Crippen molar-refractivity contribution in [3.05, 3.63) is 76.3 Å². The molecule has 1 atom stereocenters. The van der Waals surface area contributed by atoms with E-state index in [4.69, 9.17) is 23.7 Å². The van der Waals surface area contributed by atoms with Gasteiger partial charge in [0, 0.05) is 28.8 Å². The average molecular weight is 434 g/mol. The third kappa shape index (κ3) is 3.63. The maximum absolute atomic E-state index is 11.6. The molecular weight excluding hydrogens is 408 g/mol. The van der Waals surface area contributed by atoms with Crippen LogP contribution in [-0.2, 0) is 0 Å². The summed E-state index contributed by atoms with van der Waals surface area (Å²) in [5.41, 5.74) is 4.70. The molecule has 0 aromatic heterocycles. The smallest absolute Gasteiger partial charge is 0.130 e. The van der Waals surface area contributed by atoms with Gasteiger partial charge < -0.3 is 28.8 Å². The molecule has 32 heavy (non-hydrogen) atoms. The molecule has 0 amide bonds. The molecule has 6 heteroatoms. The fraction of sp³-hybridized carbons (Fsp3) is 0.231. The molecule has 0 spiro atoms. The third-order valence-corrected chi connectivity index (χ3v) is 5.70. The quantitative estimate of drug-likeness (QED) is 0.606. The van der Waals surface area contributed by atoms with E-state index >= 15 is 0 Å². The summed E-state index contributed by atoms with van der Waals surface area (Å²) in [7, 11) is 8.01. The lowest BCUT2D eigenvalue weighted by molar-refractivity contribution is 0.213. The van der Waals surface area contributed by atoms with E-state index in [0.717, 1.165) is 28.0 Å². The normalized spacial score (nSPS) is 14.4. The van der Waals surface area contributed by atoms with Gasteiger partial charge in [-0.05, 0) is 47.0 Å². The second kappa shape index (κ2) is 8.85. The number of hydrogen-bond acceptors (Lipinski definition) is 6. The van der Waals surface area contributed by atoms with Crippen molar-refractivity contribution in [3.63, 3.8) is 0 Å². The van der Waals surface area contributed by atoms with Gasteiger partial charge in [-0.2, -0.15) is 0 Å². The highest BCUT2D eigenvalue weighted by molar-refractivity contribution is 5.97. The van der Waals surface area contributed by atoms with Crippen molar-refractivity contribution in [1.29, 1.82) is 0 Å². The van der Waals surface area contributed by atoms with Gasteiger partial charge in [0.05, 0.1) is 35.5 Å². The van der Waals surface area contributed by atoms with Gasteiger partial charge in [-0.3, -0.25) is 0 Å². The van der Waals surface area contributed by atoms with Gasteiger partial charge in [0.25, 0.3) is 0 Å². The van der Waals surface area contributed by atoms with Crippen LogP contribution in [0.25, 0.3) is 11.6 Å². The Balaban J connectivity index is 2.09. The zero-order valence-corrected chi connectivity index (χ0v) is 18.8. The molecule has 4 rings (SSSR count). The minimum absolute atomic E-state index is 0.534. The van der Waals surface area contributed by atoms with Crippen LogP contribution < -0.4 is 23.7 Å². The molecule has 0 bridgehead atoms. The third-order valence-electron chi connectivity index (χ3n) is 5.70. The van der Waals surface area contributed by atoms with Gasteiger partial charge in [0.15, 0.2) is 0 Å². The number of rotatable bonds is 6. The largest absolute Gasteiger partial charge is 0.497 e. The van der Waals surface area contributed by atoms with Crippen molar-refractivity contribution in [1.82, 2.24) is 0 Å². The van der Waals surface area contributed by atoms with E-state index in [9.17, 15) is 5.11 Å². The molecule has 0 fully saturated rings. The van der Waals surface area contributed by atoms with Crippen LogP contribution >= 0.6 is 0 Å². The van der Waals surface area contributed by atoms with Crippen molar-refractivity contribution >= 4 is 11.6 Å². The van der Waals surface area contributed by atoms with Gasteiger partial charge in [-0.15, -0.1) is 0 Å². The molecule has 1 N–H and O–H groups in total. The van der Waals surface area contributed by atoms with Crippen LogP contribution in [0, 0.1) is 0 Å². The molecule has 1 aliphatic carbocycles. The molecular formula is C26H26O6. The number of aliphatic hydroxyl groups excluding tert-OH is 1. The Bertz CT molecular complexity index is 1160. The van der Waals surface area contributed by atoms with Crippen LogP contribution in [0.4, 0.5) is 0 Å². The number of ether oxygens (including phenoxy) is 5. The molecule has 0 saturated carbocycles. The van der Waals surface area contributed by atoms with Gasteiger partial charge in [-0.25, -0.2) is 0 Å². The lowest BCUT2D eigenvalue weighted by Crippen LogP contribution is -2.07. The zero-order valence-electron chi connectivity index (χ0n) is 18.8. The van der Waals surface area contributed by atoms with E-state index in [-0.39, 0.29) is 0 Å². The summed E-state index contributed by atoms with van der Waals surface area (Å²) in [5, 5.41) is 11.6. The van der Waals surface area contributed by atoms with Crippen LogP contribution in [0.2, 0.25) is 0 Å². The Kier molecular flexibility index (Phi) is 5.97. The molecule has 3 aromatic rings. The fourth-order valence-corrected chi connectivity index (χ4v) is 4.10. The summed E-state index contributed by atoms with van der Waals surface area (Å²) in [6, 6.07) is 15.1. The van der Waals surface area contributed by atoms with Crippen LogP contribution in [0.3, 0.4) is 0 Å². The summed E-state index contributed by atoms with van der Waals surface area (Å²) in [6.45, 7) is 0. The second-order valence-corrected chi connectivity index (χ2v) is 7.32. The van der Waals surface area contributed by atoms with Crippen LogP contribution in [0.15, 0.2) is 48.5 Å². The number of benzene rings is 3. The highest BCUT2D eigenvalue weighted by Crippen LogP contribution is 2.48. The monoisotopic (exact) mass is 434 g/mol. The topological polar surface area (TPSA) is 66.4 Å². The van der Waals surface area contributed by atoms with Crippen LogP contribution in [-0.4, -0.2) is 40.7 Å². The minimum Gasteiger partial charge on any atom is -0.497 e. The summed E-state index contributed by atoms with van der Waals surface area (Å²) >= 11 is 0. The molecule has 0 aliphatic heterocycles. The van der Waals surface area contributed by atoms with Gasteiger partial charge >= 0.3 is 0 Å². The van der Waals surface area contributed by atoms with E-state index in [1.54, 1.807) is 41.6 Å². The Labute approximate surface area is 187 Å². The maximum atomic E-state index is 11.6. The average Bonchev–Trinajstić information content (AvgIpc) is 2.97. The summed E-state index contributed by atoms with van der Waals surface area (Å²) in [6.07, 6.45) is 1.04. The van der Waals surface area contributed by atoms with Crippen molar-refractivity contribution in [2.24, 2.45) is 0 Å². The lowest BCUT2D eigenvalue weighted by atomic mass is 9.90. The first-order valence-electron chi connectivity index (χ1n) is 10.1. The van der Waals surface area contributed by atoms with Crippen LogP contribution in [0.1, 0.15) is 33.9 Å². The molecule has 1 aliphatic rings. The molecule has 6 nitrogen and oxygen atoms in total. The van der Waals surface area contributed by atoms with Crippen molar-refractivity contribution in [3.8, 4) is 28.7 Å². The standard InChI is InChI=1S/C26H26O6/c1-28-17-8-6-15(7-9-17)20-11-16-10-18(29-2)13-22(31-4)24(16)26(27)21-12-19(30-3)14-23(32-5)25(20)21/h6-14,26-27H,1-5H3. The van der Waals surface area contributed by atoms with Crippen molar-refractivity contribution in [2.45, 2.75) is 6.10 Å². The first-order valence-corrected chi connectivity index (χ1v) is 10.1. The molecule has 166 valence electrons. The lowest BCUT2D eigenvalue weighted by Gasteiger charge is -2.21. The number of methoxy groups -OCH3 is 5. The van der Waals surface area contributed by atoms with E-state index in [0.29, 0.717) is 34.1 Å². The first kappa shape index (κ1) is 21.6. The Hall–Kier alpha value is -3.64. The maximum Gasteiger partial charge on any atom is 0.130 e. The van der Waals surface area contributed by atoms with E-state index in [2.05, 4.69) is 0 Å². The van der Waals surface area contributed by atoms with Gasteiger partial charge in [0.2, 0.25) is 0 Å². The second-order valence-electron chi connectivity index (χ2n) is 7.32. The van der Waals surface area contributed by atoms with E-state index in [1.165, 1.54) is 0 Å². The highest BCUT2D eigenvalue weighted by Gasteiger charge is 2.30. The summed E-state index contributed by atoms with van der Waals surface area (Å²) in [5.74, 6) is 3.11. The Morgan fingerprint density at radius 1 is 0.656 bits per heavy atom. The molecule has 0 radical (unpaired) electrons. The predicted octanol–water partition coefficient (Wildman–Crippen LogP) is 4.71. The molecule has 0 saturated heterocycles. The number of aliphatic hydroxyl groups is 1. The summed E-state index contributed by atoms with van der Waals surface area (Å²) in [4.78, 5) is 0. The van der Waals surface area contributed by atoms with Crippen LogP contribution in [0.5, 0.6) is 28.7 Å². The minimum atomic E-state index is -0.975. The molecule has 3 aromatic carbocycles. The molecule has 0 heterocycles. The summed E-state index contributed by atoms with van der Waals surface area (Å²) < 4.78 is 27.7. The Morgan fingerprint density at radius 3 is 1.84 bits per heavy atom. The van der Waals surface area contributed by atoms with Gasteiger partial charge in [-0.1, -0.05) is 12.1 Å². The van der Waals surface area contributed by atoms with Crippen molar-refractivity contribution < 1.29 is 28.8 Å².